The van der Waals surface area contributed by atoms with Gasteiger partial charge in [-0.15, -0.1) is 11.8 Å². The third-order valence-electron chi connectivity index (χ3n) is 4.41. The van der Waals surface area contributed by atoms with Gasteiger partial charge >= 0.3 is 0 Å². The van der Waals surface area contributed by atoms with E-state index in [1.165, 1.54) is 23.9 Å². The topological polar surface area (TPSA) is 58.6 Å². The zero-order chi connectivity index (χ0) is 21.2. The van der Waals surface area contributed by atoms with Crippen LogP contribution in [-0.4, -0.2) is 42.2 Å². The Labute approximate surface area is 175 Å². The lowest BCUT2D eigenvalue weighted by atomic mass is 10.1. The van der Waals surface area contributed by atoms with Crippen molar-refractivity contribution in [2.24, 2.45) is 0 Å². The van der Waals surface area contributed by atoms with Crippen LogP contribution in [0.2, 0.25) is 0 Å². The Morgan fingerprint density at radius 2 is 1.90 bits per heavy atom. The first-order chi connectivity index (χ1) is 13.9. The second kappa shape index (κ2) is 11.5. The van der Waals surface area contributed by atoms with E-state index in [-0.39, 0.29) is 23.4 Å². The van der Waals surface area contributed by atoms with Crippen LogP contribution in [0.5, 0.6) is 5.75 Å². The molecular weight excluding hydrogens is 391 g/mol. The highest BCUT2D eigenvalue weighted by Crippen LogP contribution is 2.18. The molecule has 0 aromatic heterocycles. The highest BCUT2D eigenvalue weighted by Gasteiger charge is 2.25. The molecule has 0 bridgehead atoms. The molecule has 0 aliphatic rings. The van der Waals surface area contributed by atoms with Gasteiger partial charge in [0.1, 0.15) is 17.6 Å². The predicted octanol–water partition coefficient (Wildman–Crippen LogP) is 3.62. The summed E-state index contributed by atoms with van der Waals surface area (Å²) in [6.07, 6.45) is 0. The largest absolute Gasteiger partial charge is 0.497 e. The summed E-state index contributed by atoms with van der Waals surface area (Å²) in [6.45, 7) is 4.39. The van der Waals surface area contributed by atoms with E-state index in [0.717, 1.165) is 11.1 Å². The van der Waals surface area contributed by atoms with Crippen molar-refractivity contribution in [1.82, 2.24) is 10.2 Å². The molecule has 0 radical (unpaired) electrons. The lowest BCUT2D eigenvalue weighted by molar-refractivity contribution is -0.138. The molecule has 5 nitrogen and oxygen atoms in total. The molecule has 7 heteroatoms. The third-order valence-corrected chi connectivity index (χ3v) is 5.40. The summed E-state index contributed by atoms with van der Waals surface area (Å²) in [5.74, 6) is 0.923. The summed E-state index contributed by atoms with van der Waals surface area (Å²) in [5, 5.41) is 2.78. The fourth-order valence-corrected chi connectivity index (χ4v) is 3.66. The summed E-state index contributed by atoms with van der Waals surface area (Å²) >= 11 is 1.44. The van der Waals surface area contributed by atoms with Gasteiger partial charge in [-0.25, -0.2) is 4.39 Å². The van der Waals surface area contributed by atoms with Crippen molar-refractivity contribution in [2.45, 2.75) is 32.2 Å². The van der Waals surface area contributed by atoms with Crippen molar-refractivity contribution in [1.29, 1.82) is 0 Å². The Bertz CT molecular complexity index is 814. The number of ether oxygens (including phenoxy) is 1. The van der Waals surface area contributed by atoms with Crippen LogP contribution in [0.15, 0.2) is 48.5 Å². The maximum Gasteiger partial charge on any atom is 0.242 e. The second-order valence-corrected chi connectivity index (χ2v) is 7.55. The number of rotatable bonds is 10. The lowest BCUT2D eigenvalue weighted by Crippen LogP contribution is -2.48. The van der Waals surface area contributed by atoms with Crippen LogP contribution in [0.3, 0.4) is 0 Å². The summed E-state index contributed by atoms with van der Waals surface area (Å²) in [4.78, 5) is 26.9. The number of nitrogens with zero attached hydrogens (tertiary/aromatic N) is 1. The van der Waals surface area contributed by atoms with Crippen LogP contribution >= 0.6 is 11.8 Å². The number of hydrogen-bond donors (Lipinski definition) is 1. The number of likely N-dealkylation sites (N-methyl/N-ethyl adjacent to an activating group) is 1. The molecule has 2 amide bonds. The highest BCUT2D eigenvalue weighted by molar-refractivity contribution is 7.99. The normalized spacial score (nSPS) is 11.6. The Morgan fingerprint density at radius 3 is 2.55 bits per heavy atom. The quantitative estimate of drug-likeness (QED) is 0.640. The first kappa shape index (κ1) is 22.7. The zero-order valence-electron chi connectivity index (χ0n) is 17.0. The number of thioether (sulfide) groups is 1. The van der Waals surface area contributed by atoms with Gasteiger partial charge in [-0.05, 0) is 49.2 Å². The summed E-state index contributed by atoms with van der Waals surface area (Å²) in [6, 6.07) is 13.1. The molecule has 0 saturated heterocycles. The van der Waals surface area contributed by atoms with E-state index in [1.807, 2.05) is 31.2 Å². The van der Waals surface area contributed by atoms with Crippen molar-refractivity contribution in [3.63, 3.8) is 0 Å². The molecule has 0 saturated carbocycles. The zero-order valence-corrected chi connectivity index (χ0v) is 17.8. The molecule has 0 aliphatic carbocycles. The van der Waals surface area contributed by atoms with E-state index in [1.54, 1.807) is 31.1 Å². The molecule has 29 heavy (non-hydrogen) atoms. The number of benzene rings is 2. The highest BCUT2D eigenvalue weighted by atomic mass is 32.2. The number of nitrogens with one attached hydrogen (secondary N) is 1. The van der Waals surface area contributed by atoms with Gasteiger partial charge in [0, 0.05) is 18.8 Å². The Balaban J connectivity index is 2.06. The number of carbonyl (C=O) groups excluding carboxylic acids is 2. The third kappa shape index (κ3) is 7.09. The average molecular weight is 419 g/mol. The Hall–Kier alpha value is -2.54. The van der Waals surface area contributed by atoms with Crippen LogP contribution < -0.4 is 10.1 Å². The molecule has 156 valence electrons. The standard InChI is InChI=1S/C22H27FN2O3S/c1-4-24-22(27)16(2)25(13-18-6-5-7-20(12-18)28-3)21(26)15-29-14-17-8-10-19(23)11-9-17/h5-12,16H,4,13-15H2,1-3H3,(H,24,27)/t16-/m0/s1. The van der Waals surface area contributed by atoms with Crippen molar-refractivity contribution in [2.75, 3.05) is 19.4 Å². The van der Waals surface area contributed by atoms with Crippen molar-refractivity contribution in [3.05, 3.63) is 65.5 Å². The van der Waals surface area contributed by atoms with E-state index >= 15 is 0 Å². The van der Waals surface area contributed by atoms with Gasteiger partial charge < -0.3 is 15.0 Å². The van der Waals surface area contributed by atoms with Crippen LogP contribution in [0.25, 0.3) is 0 Å². The van der Waals surface area contributed by atoms with Crippen LogP contribution in [0.4, 0.5) is 4.39 Å². The smallest absolute Gasteiger partial charge is 0.242 e. The van der Waals surface area contributed by atoms with E-state index in [0.29, 0.717) is 24.6 Å². The fraction of sp³-hybridized carbons (Fsp3) is 0.364. The van der Waals surface area contributed by atoms with Crippen LogP contribution in [0, 0.1) is 5.82 Å². The van der Waals surface area contributed by atoms with Crippen LogP contribution in [0.1, 0.15) is 25.0 Å². The molecule has 0 spiro atoms. The molecule has 0 heterocycles. The maximum absolute atomic E-state index is 13.0. The molecule has 0 aliphatic heterocycles. The number of methoxy groups -OCH3 is 1. The van der Waals surface area contributed by atoms with E-state index < -0.39 is 6.04 Å². The minimum absolute atomic E-state index is 0.126. The summed E-state index contributed by atoms with van der Waals surface area (Å²) in [7, 11) is 1.59. The van der Waals surface area contributed by atoms with Gasteiger partial charge in [0.15, 0.2) is 0 Å². The Kier molecular flexibility index (Phi) is 8.99. The Morgan fingerprint density at radius 1 is 1.17 bits per heavy atom. The van der Waals surface area contributed by atoms with Gasteiger partial charge in [0.25, 0.3) is 0 Å². The van der Waals surface area contributed by atoms with E-state index in [2.05, 4.69) is 5.32 Å². The van der Waals surface area contributed by atoms with Crippen molar-refractivity contribution < 1.29 is 18.7 Å². The van der Waals surface area contributed by atoms with E-state index in [9.17, 15) is 14.0 Å². The van der Waals surface area contributed by atoms with Crippen molar-refractivity contribution >= 4 is 23.6 Å². The molecule has 2 aromatic carbocycles. The molecule has 1 N–H and O–H groups in total. The van der Waals surface area contributed by atoms with Gasteiger partial charge in [0.05, 0.1) is 12.9 Å². The SMILES string of the molecule is CCNC(=O)[C@H](C)N(Cc1cccc(OC)c1)C(=O)CSCc1ccc(F)cc1. The number of hydrogen-bond acceptors (Lipinski definition) is 4. The minimum atomic E-state index is -0.597. The molecule has 0 fully saturated rings. The molecule has 0 unspecified atom stereocenters. The molecule has 2 aromatic rings. The lowest BCUT2D eigenvalue weighted by Gasteiger charge is -2.28. The second-order valence-electron chi connectivity index (χ2n) is 6.56. The van der Waals surface area contributed by atoms with Crippen LogP contribution in [-0.2, 0) is 21.9 Å². The van der Waals surface area contributed by atoms with E-state index in [4.69, 9.17) is 4.74 Å². The predicted molar refractivity (Wildman–Crippen MR) is 114 cm³/mol. The number of halogens is 1. The number of amides is 2. The molecular formula is C22H27FN2O3S. The maximum atomic E-state index is 13.0. The van der Waals surface area contributed by atoms with Gasteiger partial charge in [-0.2, -0.15) is 0 Å². The van der Waals surface area contributed by atoms with Crippen molar-refractivity contribution in [3.8, 4) is 5.75 Å². The van der Waals surface area contributed by atoms with Gasteiger partial charge in [-0.3, -0.25) is 9.59 Å². The first-order valence-corrected chi connectivity index (χ1v) is 10.6. The minimum Gasteiger partial charge on any atom is -0.497 e. The average Bonchev–Trinajstić information content (AvgIpc) is 2.73. The molecule has 2 rings (SSSR count). The van der Waals surface area contributed by atoms with Gasteiger partial charge in [-0.1, -0.05) is 24.3 Å². The fourth-order valence-electron chi connectivity index (χ4n) is 2.79. The summed E-state index contributed by atoms with van der Waals surface area (Å²) < 4.78 is 18.3. The first-order valence-electron chi connectivity index (χ1n) is 9.47. The number of carbonyl (C=O) groups is 2. The summed E-state index contributed by atoms with van der Waals surface area (Å²) in [5.41, 5.74) is 1.83. The monoisotopic (exact) mass is 418 g/mol. The molecule has 1 atom stereocenters. The van der Waals surface area contributed by atoms with Gasteiger partial charge in [0.2, 0.25) is 11.8 Å².